The third-order valence-corrected chi connectivity index (χ3v) is 3.62. The van der Waals surface area contributed by atoms with Gasteiger partial charge in [0, 0.05) is 11.4 Å². The average Bonchev–Trinajstić information content (AvgIpc) is 2.62. The molecule has 1 amide bonds. The lowest BCUT2D eigenvalue weighted by Gasteiger charge is -2.08. The highest BCUT2D eigenvalue weighted by atomic mass is 79.9. The van der Waals surface area contributed by atoms with Gasteiger partial charge in [-0.25, -0.2) is 4.98 Å². The maximum atomic E-state index is 11.6. The zero-order valence-corrected chi connectivity index (χ0v) is 11.3. The van der Waals surface area contributed by atoms with Gasteiger partial charge in [-0.2, -0.15) is 0 Å². The molecular formula is C10H15BrN2OS. The topological polar surface area (TPSA) is 42.0 Å². The van der Waals surface area contributed by atoms with Gasteiger partial charge < -0.3 is 5.32 Å². The molecule has 1 unspecified atom stereocenters. The summed E-state index contributed by atoms with van der Waals surface area (Å²) in [4.78, 5) is 16.7. The molecule has 0 aliphatic heterocycles. The normalized spacial score (nSPS) is 12.5. The fourth-order valence-corrected chi connectivity index (χ4v) is 2.49. The molecule has 1 heterocycles. The summed E-state index contributed by atoms with van der Waals surface area (Å²) >= 11 is 4.94. The Hall–Kier alpha value is -0.420. The van der Waals surface area contributed by atoms with Gasteiger partial charge >= 0.3 is 0 Å². The predicted molar refractivity (Wildman–Crippen MR) is 66.8 cm³/mol. The smallest absolute Gasteiger partial charge is 0.263 e. The first-order valence-electron chi connectivity index (χ1n) is 4.98. The third kappa shape index (κ3) is 4.30. The number of aryl methyl sites for hydroxylation is 1. The van der Waals surface area contributed by atoms with Crippen molar-refractivity contribution in [1.29, 1.82) is 0 Å². The van der Waals surface area contributed by atoms with E-state index in [-0.39, 0.29) is 5.91 Å². The van der Waals surface area contributed by atoms with E-state index in [2.05, 4.69) is 33.2 Å². The molecule has 1 rings (SSSR count). The fraction of sp³-hybridized carbons (Fsp3) is 0.600. The lowest BCUT2D eigenvalue weighted by atomic mass is 10.2. The Morgan fingerprint density at radius 3 is 3.00 bits per heavy atom. The second-order valence-electron chi connectivity index (χ2n) is 3.34. The van der Waals surface area contributed by atoms with Crippen molar-refractivity contribution in [3.8, 4) is 0 Å². The monoisotopic (exact) mass is 290 g/mol. The minimum Gasteiger partial charge on any atom is -0.350 e. The maximum Gasteiger partial charge on any atom is 0.263 e. The number of carbonyl (C=O) groups excluding carboxylic acids is 1. The molecule has 1 aromatic rings. The molecule has 0 aliphatic rings. The first kappa shape index (κ1) is 12.6. The molecule has 15 heavy (non-hydrogen) atoms. The van der Waals surface area contributed by atoms with Crippen molar-refractivity contribution in [1.82, 2.24) is 10.3 Å². The van der Waals surface area contributed by atoms with E-state index < -0.39 is 0 Å². The molecule has 1 atom stereocenters. The molecule has 5 heteroatoms. The van der Waals surface area contributed by atoms with Crippen LogP contribution in [0.4, 0.5) is 0 Å². The molecule has 84 valence electrons. The minimum atomic E-state index is -0.0267. The summed E-state index contributed by atoms with van der Waals surface area (Å²) in [5.41, 5.74) is 0. The molecule has 0 fully saturated rings. The van der Waals surface area contributed by atoms with E-state index in [0.29, 0.717) is 16.2 Å². The van der Waals surface area contributed by atoms with Gasteiger partial charge in [-0.3, -0.25) is 4.79 Å². The van der Waals surface area contributed by atoms with Crippen LogP contribution in [0.25, 0.3) is 0 Å². The van der Waals surface area contributed by atoms with Crippen LogP contribution in [-0.4, -0.2) is 22.3 Å². The zero-order chi connectivity index (χ0) is 11.3. The Morgan fingerprint density at radius 2 is 2.47 bits per heavy atom. The lowest BCUT2D eigenvalue weighted by Crippen LogP contribution is -2.28. The number of alkyl halides is 1. The van der Waals surface area contributed by atoms with E-state index in [9.17, 15) is 4.79 Å². The highest BCUT2D eigenvalue weighted by Crippen LogP contribution is 2.12. The number of nitrogens with zero attached hydrogens (tertiary/aromatic N) is 1. The highest BCUT2D eigenvalue weighted by molar-refractivity contribution is 9.09. The largest absolute Gasteiger partial charge is 0.350 e. The Bertz CT molecular complexity index is 327. The molecular weight excluding hydrogens is 276 g/mol. The molecule has 0 spiro atoms. The van der Waals surface area contributed by atoms with E-state index in [1.807, 2.05) is 6.92 Å². The quantitative estimate of drug-likeness (QED) is 0.848. The van der Waals surface area contributed by atoms with Crippen LogP contribution in [-0.2, 0) is 0 Å². The van der Waals surface area contributed by atoms with Crippen LogP contribution in [0, 0.1) is 6.92 Å². The molecule has 0 saturated carbocycles. The van der Waals surface area contributed by atoms with Crippen LogP contribution >= 0.6 is 27.3 Å². The molecule has 0 bridgehead atoms. The van der Waals surface area contributed by atoms with E-state index in [1.54, 1.807) is 6.20 Å². The average molecular weight is 291 g/mol. The first-order chi connectivity index (χ1) is 7.13. The number of hydrogen-bond donors (Lipinski definition) is 1. The Kier molecular flexibility index (Phi) is 5.25. The van der Waals surface area contributed by atoms with E-state index in [1.165, 1.54) is 11.3 Å². The van der Waals surface area contributed by atoms with Crippen molar-refractivity contribution in [2.45, 2.75) is 31.5 Å². The van der Waals surface area contributed by atoms with Crippen molar-refractivity contribution in [3.63, 3.8) is 0 Å². The van der Waals surface area contributed by atoms with Crippen LogP contribution in [0.15, 0.2) is 6.20 Å². The Morgan fingerprint density at radius 1 is 1.73 bits per heavy atom. The van der Waals surface area contributed by atoms with Crippen LogP contribution < -0.4 is 5.32 Å². The maximum absolute atomic E-state index is 11.6. The van der Waals surface area contributed by atoms with E-state index >= 15 is 0 Å². The number of rotatable bonds is 5. The van der Waals surface area contributed by atoms with Gasteiger partial charge in [0.25, 0.3) is 5.91 Å². The van der Waals surface area contributed by atoms with Gasteiger partial charge in [-0.15, -0.1) is 11.3 Å². The fourth-order valence-electron chi connectivity index (χ4n) is 1.17. The van der Waals surface area contributed by atoms with Crippen LogP contribution in [0.5, 0.6) is 0 Å². The molecule has 1 aromatic heterocycles. The SMILES string of the molecule is CCCC(Br)CNC(=O)c1cnc(C)s1. The molecule has 0 radical (unpaired) electrons. The molecule has 1 N–H and O–H groups in total. The number of aromatic nitrogens is 1. The van der Waals surface area contributed by atoms with E-state index in [4.69, 9.17) is 0 Å². The number of carbonyl (C=O) groups is 1. The highest BCUT2D eigenvalue weighted by Gasteiger charge is 2.10. The lowest BCUT2D eigenvalue weighted by molar-refractivity contribution is 0.0957. The van der Waals surface area contributed by atoms with Crippen molar-refractivity contribution in [3.05, 3.63) is 16.1 Å². The molecule has 3 nitrogen and oxygen atoms in total. The summed E-state index contributed by atoms with van der Waals surface area (Å²) in [6.45, 7) is 4.69. The second-order valence-corrected chi connectivity index (χ2v) is 5.87. The Balaban J connectivity index is 2.36. The Labute approximate surface area is 102 Å². The number of hydrogen-bond acceptors (Lipinski definition) is 3. The minimum absolute atomic E-state index is 0.0267. The second kappa shape index (κ2) is 6.23. The predicted octanol–water partition coefficient (Wildman–Crippen LogP) is 2.74. The van der Waals surface area contributed by atoms with Gasteiger partial charge in [0.1, 0.15) is 4.88 Å². The van der Waals surface area contributed by atoms with Gasteiger partial charge in [-0.1, -0.05) is 29.3 Å². The number of amides is 1. The van der Waals surface area contributed by atoms with Crippen molar-refractivity contribution < 1.29 is 4.79 Å². The van der Waals surface area contributed by atoms with Gasteiger partial charge in [-0.05, 0) is 13.3 Å². The molecule has 0 aromatic carbocycles. The summed E-state index contributed by atoms with van der Waals surface area (Å²) in [5, 5.41) is 3.80. The molecule has 0 saturated heterocycles. The van der Waals surface area contributed by atoms with Crippen LogP contribution in [0.1, 0.15) is 34.4 Å². The number of thiazole rings is 1. The number of nitrogens with one attached hydrogen (secondary N) is 1. The zero-order valence-electron chi connectivity index (χ0n) is 8.92. The van der Waals surface area contributed by atoms with Crippen molar-refractivity contribution >= 4 is 33.2 Å². The van der Waals surface area contributed by atoms with Crippen molar-refractivity contribution in [2.24, 2.45) is 0 Å². The van der Waals surface area contributed by atoms with Gasteiger partial charge in [0.05, 0.1) is 11.2 Å². The number of halogens is 1. The van der Waals surface area contributed by atoms with Gasteiger partial charge in [0.2, 0.25) is 0 Å². The standard InChI is InChI=1S/C10H15BrN2OS/c1-3-4-8(11)5-13-10(14)9-6-12-7(2)15-9/h6,8H,3-5H2,1-2H3,(H,13,14). The summed E-state index contributed by atoms with van der Waals surface area (Å²) in [7, 11) is 0. The van der Waals surface area contributed by atoms with Crippen LogP contribution in [0.2, 0.25) is 0 Å². The molecule has 0 aliphatic carbocycles. The summed E-state index contributed by atoms with van der Waals surface area (Å²) in [5.74, 6) is -0.0267. The summed E-state index contributed by atoms with van der Waals surface area (Å²) in [6, 6.07) is 0. The summed E-state index contributed by atoms with van der Waals surface area (Å²) in [6.07, 6.45) is 3.81. The van der Waals surface area contributed by atoms with Crippen LogP contribution in [0.3, 0.4) is 0 Å². The first-order valence-corrected chi connectivity index (χ1v) is 6.71. The third-order valence-electron chi connectivity index (χ3n) is 1.93. The van der Waals surface area contributed by atoms with Crippen molar-refractivity contribution in [2.75, 3.05) is 6.54 Å². The van der Waals surface area contributed by atoms with E-state index in [0.717, 1.165) is 17.8 Å². The summed E-state index contributed by atoms with van der Waals surface area (Å²) < 4.78 is 0. The van der Waals surface area contributed by atoms with Gasteiger partial charge in [0.15, 0.2) is 0 Å².